The number of hydrogen-bond donors (Lipinski definition) is 2. The summed E-state index contributed by atoms with van der Waals surface area (Å²) in [6.45, 7) is 0.752. The summed E-state index contributed by atoms with van der Waals surface area (Å²) < 4.78 is 0. The smallest absolute Gasteiger partial charge is 0.251 e. The Morgan fingerprint density at radius 2 is 2.19 bits per heavy atom. The maximum atomic E-state index is 11.7. The molecule has 0 aromatic heterocycles. The van der Waals surface area contributed by atoms with Crippen molar-refractivity contribution in [3.63, 3.8) is 0 Å². The lowest BCUT2D eigenvalue weighted by Gasteiger charge is -2.05. The largest absolute Gasteiger partial charge is 0.396 e. The minimum Gasteiger partial charge on any atom is -0.396 e. The molecule has 0 bridgehead atoms. The molecule has 0 spiro atoms. The molecular weight excluding hydrogens is 226 g/mol. The summed E-state index contributed by atoms with van der Waals surface area (Å²) in [5, 5.41) is 11.4. The Balaban J connectivity index is 2.46. The maximum Gasteiger partial charge on any atom is 0.251 e. The zero-order valence-corrected chi connectivity index (χ0v) is 9.83. The van der Waals surface area contributed by atoms with E-state index in [0.717, 1.165) is 12.0 Å². The fraction of sp³-hybridized carbons (Fsp3) is 0.417. The van der Waals surface area contributed by atoms with Gasteiger partial charge in [-0.2, -0.15) is 0 Å². The van der Waals surface area contributed by atoms with Crippen LogP contribution in [0, 0.1) is 0 Å². The highest BCUT2D eigenvalue weighted by Gasteiger charge is 2.04. The van der Waals surface area contributed by atoms with Gasteiger partial charge in [0.25, 0.3) is 5.91 Å². The number of alkyl halides is 1. The van der Waals surface area contributed by atoms with Crippen LogP contribution in [0.4, 0.5) is 0 Å². The van der Waals surface area contributed by atoms with Crippen LogP contribution in [0.25, 0.3) is 0 Å². The second-order valence-corrected chi connectivity index (χ2v) is 3.79. The van der Waals surface area contributed by atoms with E-state index in [1.807, 2.05) is 12.1 Å². The summed E-state index contributed by atoms with van der Waals surface area (Å²) in [5.74, 6) is 0.316. The van der Waals surface area contributed by atoms with E-state index in [0.29, 0.717) is 24.4 Å². The van der Waals surface area contributed by atoms with E-state index in [1.54, 1.807) is 12.1 Å². The van der Waals surface area contributed by atoms with Crippen LogP contribution < -0.4 is 5.32 Å². The quantitative estimate of drug-likeness (QED) is 0.591. The average molecular weight is 242 g/mol. The van der Waals surface area contributed by atoms with E-state index >= 15 is 0 Å². The third kappa shape index (κ3) is 4.21. The van der Waals surface area contributed by atoms with E-state index < -0.39 is 0 Å². The van der Waals surface area contributed by atoms with Gasteiger partial charge in [0.1, 0.15) is 0 Å². The number of rotatable bonds is 6. The predicted octanol–water partition coefficient (Wildman–Crippen LogP) is 1.93. The molecule has 1 aromatic carbocycles. The Labute approximate surface area is 100 Å². The van der Waals surface area contributed by atoms with E-state index in [2.05, 4.69) is 5.32 Å². The number of carbonyl (C=O) groups is 1. The van der Waals surface area contributed by atoms with E-state index in [-0.39, 0.29) is 12.5 Å². The number of hydrogen-bond acceptors (Lipinski definition) is 2. The zero-order valence-electron chi connectivity index (χ0n) is 9.08. The van der Waals surface area contributed by atoms with Crippen LogP contribution >= 0.6 is 11.6 Å². The maximum absolute atomic E-state index is 11.7. The highest BCUT2D eigenvalue weighted by atomic mass is 35.5. The first-order valence-corrected chi connectivity index (χ1v) is 5.85. The number of aliphatic hydroxyl groups is 1. The molecule has 0 unspecified atom stereocenters. The summed E-state index contributed by atoms with van der Waals surface area (Å²) in [4.78, 5) is 11.7. The molecule has 0 aliphatic heterocycles. The Hall–Kier alpha value is -1.06. The number of nitrogens with one attached hydrogen (secondary N) is 1. The van der Waals surface area contributed by atoms with Gasteiger partial charge >= 0.3 is 0 Å². The van der Waals surface area contributed by atoms with E-state index in [1.165, 1.54) is 0 Å². The van der Waals surface area contributed by atoms with Crippen molar-refractivity contribution in [2.75, 3.05) is 13.2 Å². The molecule has 0 aliphatic carbocycles. The lowest BCUT2D eigenvalue weighted by Crippen LogP contribution is -2.24. The number of aliphatic hydroxyl groups excluding tert-OH is 1. The van der Waals surface area contributed by atoms with Crippen LogP contribution in [0.15, 0.2) is 24.3 Å². The van der Waals surface area contributed by atoms with Gasteiger partial charge in [0, 0.05) is 24.6 Å². The van der Waals surface area contributed by atoms with Crippen molar-refractivity contribution >= 4 is 17.5 Å². The van der Waals surface area contributed by atoms with Crippen molar-refractivity contribution < 1.29 is 9.90 Å². The number of unbranched alkanes of at least 4 members (excludes halogenated alkanes) is 1. The summed E-state index contributed by atoms with van der Waals surface area (Å²) in [6, 6.07) is 7.25. The van der Waals surface area contributed by atoms with Crippen molar-refractivity contribution in [1.29, 1.82) is 0 Å². The van der Waals surface area contributed by atoms with Gasteiger partial charge in [0.15, 0.2) is 0 Å². The number of halogens is 1. The number of amides is 1. The molecular formula is C12H16ClNO2. The third-order valence-electron chi connectivity index (χ3n) is 2.21. The van der Waals surface area contributed by atoms with Gasteiger partial charge in [-0.1, -0.05) is 12.1 Å². The summed E-state index contributed by atoms with van der Waals surface area (Å²) in [6.07, 6.45) is 1.50. The molecule has 3 nitrogen and oxygen atoms in total. The second-order valence-electron chi connectivity index (χ2n) is 3.52. The molecule has 0 saturated carbocycles. The van der Waals surface area contributed by atoms with Crippen LogP contribution in [0.1, 0.15) is 28.8 Å². The third-order valence-corrected chi connectivity index (χ3v) is 2.52. The Morgan fingerprint density at radius 1 is 1.38 bits per heavy atom. The predicted molar refractivity (Wildman–Crippen MR) is 64.7 cm³/mol. The summed E-state index contributed by atoms with van der Waals surface area (Å²) in [7, 11) is 0. The SMILES string of the molecule is O=C(NCCCCO)c1cccc(CCl)c1. The van der Waals surface area contributed by atoms with E-state index in [9.17, 15) is 4.79 Å². The lowest BCUT2D eigenvalue weighted by molar-refractivity contribution is 0.0952. The normalized spacial score (nSPS) is 10.1. The van der Waals surface area contributed by atoms with Gasteiger partial charge in [-0.3, -0.25) is 4.79 Å². The first kappa shape index (κ1) is 13.0. The van der Waals surface area contributed by atoms with Crippen LogP contribution in [-0.2, 0) is 5.88 Å². The van der Waals surface area contributed by atoms with Crippen molar-refractivity contribution in [1.82, 2.24) is 5.32 Å². The molecule has 0 aliphatic rings. The minimum absolute atomic E-state index is 0.0927. The van der Waals surface area contributed by atoms with Gasteiger partial charge in [0.2, 0.25) is 0 Å². The molecule has 16 heavy (non-hydrogen) atoms. The van der Waals surface area contributed by atoms with Crippen LogP contribution in [0.5, 0.6) is 0 Å². The molecule has 1 aromatic rings. The van der Waals surface area contributed by atoms with Gasteiger partial charge in [-0.15, -0.1) is 11.6 Å². The molecule has 0 fully saturated rings. The monoisotopic (exact) mass is 241 g/mol. The minimum atomic E-state index is -0.0927. The molecule has 0 saturated heterocycles. The van der Waals surface area contributed by atoms with Crippen molar-refractivity contribution in [2.24, 2.45) is 0 Å². The van der Waals surface area contributed by atoms with Crippen molar-refractivity contribution in [3.8, 4) is 0 Å². The van der Waals surface area contributed by atoms with Crippen molar-refractivity contribution in [3.05, 3.63) is 35.4 Å². The molecule has 0 heterocycles. The van der Waals surface area contributed by atoms with Crippen molar-refractivity contribution in [2.45, 2.75) is 18.7 Å². The van der Waals surface area contributed by atoms with Gasteiger partial charge in [0.05, 0.1) is 0 Å². The zero-order chi connectivity index (χ0) is 11.8. The molecule has 4 heteroatoms. The van der Waals surface area contributed by atoms with Gasteiger partial charge in [-0.25, -0.2) is 0 Å². The topological polar surface area (TPSA) is 49.3 Å². The van der Waals surface area contributed by atoms with E-state index in [4.69, 9.17) is 16.7 Å². The highest BCUT2D eigenvalue weighted by Crippen LogP contribution is 2.07. The molecule has 2 N–H and O–H groups in total. The van der Waals surface area contributed by atoms with Gasteiger partial charge in [-0.05, 0) is 30.5 Å². The molecule has 0 radical (unpaired) electrons. The molecule has 88 valence electrons. The standard InChI is InChI=1S/C12H16ClNO2/c13-9-10-4-3-5-11(8-10)12(16)14-6-1-2-7-15/h3-5,8,15H,1-2,6-7,9H2,(H,14,16). The highest BCUT2D eigenvalue weighted by molar-refractivity contribution is 6.17. The first-order chi connectivity index (χ1) is 7.77. The molecule has 1 rings (SSSR count). The Morgan fingerprint density at radius 3 is 2.88 bits per heavy atom. The second kappa shape index (κ2) is 7.25. The van der Waals surface area contributed by atoms with Gasteiger partial charge < -0.3 is 10.4 Å². The number of carbonyl (C=O) groups excluding carboxylic acids is 1. The summed E-state index contributed by atoms with van der Waals surface area (Å²) >= 11 is 5.69. The van der Waals surface area contributed by atoms with Crippen LogP contribution in [-0.4, -0.2) is 24.2 Å². The lowest BCUT2D eigenvalue weighted by atomic mass is 10.1. The average Bonchev–Trinajstić information content (AvgIpc) is 2.34. The van der Waals surface area contributed by atoms with Crippen LogP contribution in [0.3, 0.4) is 0 Å². The fourth-order valence-electron chi connectivity index (χ4n) is 1.34. The van der Waals surface area contributed by atoms with Crippen LogP contribution in [0.2, 0.25) is 0 Å². The first-order valence-electron chi connectivity index (χ1n) is 5.32. The Bertz CT molecular complexity index is 342. The Kier molecular flexibility index (Phi) is 5.90. The molecule has 0 atom stereocenters. The molecule has 1 amide bonds. The summed E-state index contributed by atoms with van der Waals surface area (Å²) in [5.41, 5.74) is 1.56. The fourth-order valence-corrected chi connectivity index (χ4v) is 1.50. The number of benzene rings is 1.